The van der Waals surface area contributed by atoms with E-state index < -0.39 is 0 Å². The Labute approximate surface area is 192 Å². The lowest BCUT2D eigenvalue weighted by molar-refractivity contribution is -0.132. The van der Waals surface area contributed by atoms with Crippen molar-refractivity contribution >= 4 is 5.91 Å². The maximum Gasteiger partial charge on any atom is 0.219 e. The molecule has 3 rings (SSSR count). The maximum atomic E-state index is 12.4. The third-order valence-electron chi connectivity index (χ3n) is 8.97. The molecule has 5 unspecified atom stereocenters. The first-order chi connectivity index (χ1) is 14.2. The summed E-state index contributed by atoms with van der Waals surface area (Å²) in [5.41, 5.74) is 0.726. The highest BCUT2D eigenvalue weighted by Crippen LogP contribution is 2.49. The van der Waals surface area contributed by atoms with E-state index in [-0.39, 0.29) is 16.7 Å². The van der Waals surface area contributed by atoms with Crippen molar-refractivity contribution in [2.45, 2.75) is 112 Å². The minimum atomic E-state index is 0.125. The molecule has 0 spiro atoms. The highest BCUT2D eigenvalue weighted by Gasteiger charge is 2.49. The second-order valence-electron chi connectivity index (χ2n) is 13.6. The average molecular weight is 434 g/mol. The van der Waals surface area contributed by atoms with Crippen molar-refractivity contribution in [1.29, 1.82) is 0 Å². The van der Waals surface area contributed by atoms with Crippen LogP contribution < -0.4 is 5.32 Å². The lowest BCUT2D eigenvalue weighted by Gasteiger charge is -2.46. The fourth-order valence-electron chi connectivity index (χ4n) is 8.04. The summed E-state index contributed by atoms with van der Waals surface area (Å²) < 4.78 is 0. The molecule has 5 atom stereocenters. The van der Waals surface area contributed by atoms with E-state index in [4.69, 9.17) is 0 Å². The van der Waals surface area contributed by atoms with Gasteiger partial charge in [0.05, 0.1) is 0 Å². The van der Waals surface area contributed by atoms with E-state index >= 15 is 0 Å². The fourth-order valence-corrected chi connectivity index (χ4v) is 8.04. The molecule has 0 saturated carbocycles. The van der Waals surface area contributed by atoms with Gasteiger partial charge in [0.2, 0.25) is 5.91 Å². The van der Waals surface area contributed by atoms with E-state index in [0.717, 1.165) is 18.9 Å². The Hall–Kier alpha value is -0.610. The number of hydrogen-bond acceptors (Lipinski definition) is 3. The molecule has 180 valence electrons. The van der Waals surface area contributed by atoms with Crippen molar-refractivity contribution in [3.05, 3.63) is 0 Å². The fraction of sp³-hybridized carbons (Fsp3) is 0.963. The molecule has 1 amide bonds. The Kier molecular flexibility index (Phi) is 7.24. The molecule has 3 aliphatic heterocycles. The van der Waals surface area contributed by atoms with Crippen molar-refractivity contribution in [2.24, 2.45) is 28.1 Å². The Morgan fingerprint density at radius 1 is 0.871 bits per heavy atom. The molecule has 3 heterocycles. The predicted octanol–water partition coefficient (Wildman–Crippen LogP) is 5.17. The van der Waals surface area contributed by atoms with Gasteiger partial charge in [-0.15, -0.1) is 0 Å². The summed E-state index contributed by atoms with van der Waals surface area (Å²) in [5.74, 6) is 1.61. The number of hydrogen-bond donors (Lipinski definition) is 1. The van der Waals surface area contributed by atoms with E-state index in [0.29, 0.717) is 29.5 Å². The van der Waals surface area contributed by atoms with Crippen LogP contribution in [0.3, 0.4) is 0 Å². The predicted molar refractivity (Wildman–Crippen MR) is 131 cm³/mol. The quantitative estimate of drug-likeness (QED) is 0.627. The standard InChI is InChI=1S/C27H51N3O/c1-19(31)30-16-13-20(23(30)25(2,3)4)18-27(7,8)24-21(12-15-29(24)9)17-26(5,6)22-11-10-14-28-22/h20-24,28H,10-18H2,1-9H3. The summed E-state index contributed by atoms with van der Waals surface area (Å²) in [6, 6.07) is 1.65. The summed E-state index contributed by atoms with van der Waals surface area (Å²) >= 11 is 0. The van der Waals surface area contributed by atoms with E-state index in [1.165, 1.54) is 45.2 Å². The van der Waals surface area contributed by atoms with Gasteiger partial charge in [0, 0.05) is 31.6 Å². The monoisotopic (exact) mass is 433 g/mol. The van der Waals surface area contributed by atoms with Gasteiger partial charge < -0.3 is 15.1 Å². The molecule has 31 heavy (non-hydrogen) atoms. The molecule has 3 saturated heterocycles. The number of rotatable bonds is 6. The van der Waals surface area contributed by atoms with Gasteiger partial charge in [-0.1, -0.05) is 48.5 Å². The normalized spacial score (nSPS) is 33.5. The largest absolute Gasteiger partial charge is 0.339 e. The van der Waals surface area contributed by atoms with Crippen LogP contribution in [0.5, 0.6) is 0 Å². The molecule has 0 aliphatic carbocycles. The van der Waals surface area contributed by atoms with Crippen LogP contribution in [0.25, 0.3) is 0 Å². The van der Waals surface area contributed by atoms with Crippen molar-refractivity contribution in [2.75, 3.05) is 26.7 Å². The van der Waals surface area contributed by atoms with Crippen LogP contribution in [0, 0.1) is 28.1 Å². The van der Waals surface area contributed by atoms with Crippen molar-refractivity contribution in [1.82, 2.24) is 15.1 Å². The molecular weight excluding hydrogens is 382 g/mol. The number of nitrogens with zero attached hydrogens (tertiary/aromatic N) is 2. The third-order valence-corrected chi connectivity index (χ3v) is 8.97. The molecular formula is C27H51N3O. The molecule has 0 aromatic carbocycles. The summed E-state index contributed by atoms with van der Waals surface area (Å²) in [6.45, 7) is 22.1. The zero-order valence-electron chi connectivity index (χ0n) is 22.1. The number of amides is 1. The number of carbonyl (C=O) groups is 1. The number of likely N-dealkylation sites (tertiary alicyclic amines) is 2. The van der Waals surface area contributed by atoms with Gasteiger partial charge in [-0.3, -0.25) is 4.79 Å². The third kappa shape index (κ3) is 5.32. The zero-order valence-corrected chi connectivity index (χ0v) is 22.1. The first-order valence-corrected chi connectivity index (χ1v) is 12.9. The molecule has 0 aromatic heterocycles. The van der Waals surface area contributed by atoms with Crippen LogP contribution >= 0.6 is 0 Å². The van der Waals surface area contributed by atoms with Crippen LogP contribution in [-0.4, -0.2) is 60.5 Å². The highest BCUT2D eigenvalue weighted by molar-refractivity contribution is 5.74. The van der Waals surface area contributed by atoms with Crippen LogP contribution in [0.4, 0.5) is 0 Å². The molecule has 0 aromatic rings. The van der Waals surface area contributed by atoms with Gasteiger partial charge in [-0.2, -0.15) is 0 Å². The summed E-state index contributed by atoms with van der Waals surface area (Å²) in [4.78, 5) is 17.2. The molecule has 4 heteroatoms. The first kappa shape index (κ1) is 25.0. The van der Waals surface area contributed by atoms with Crippen molar-refractivity contribution in [3.8, 4) is 0 Å². The smallest absolute Gasteiger partial charge is 0.219 e. The summed E-state index contributed by atoms with van der Waals surface area (Å²) in [6.07, 6.45) is 7.68. The van der Waals surface area contributed by atoms with E-state index in [9.17, 15) is 4.79 Å². The van der Waals surface area contributed by atoms with Crippen molar-refractivity contribution < 1.29 is 4.79 Å². The minimum Gasteiger partial charge on any atom is -0.339 e. The van der Waals surface area contributed by atoms with E-state index in [1.54, 1.807) is 6.92 Å². The lowest BCUT2D eigenvalue weighted by Crippen LogP contribution is -2.49. The SMILES string of the molecule is CC(=O)N1CCC(CC(C)(C)C2C(CC(C)(C)C3CCCN3)CCN2C)C1C(C)(C)C. The molecule has 1 N–H and O–H groups in total. The van der Waals surface area contributed by atoms with Crippen molar-refractivity contribution in [3.63, 3.8) is 0 Å². The van der Waals surface area contributed by atoms with Gasteiger partial charge in [0.15, 0.2) is 0 Å². The van der Waals surface area contributed by atoms with Gasteiger partial charge in [-0.05, 0) is 86.7 Å². The number of carbonyl (C=O) groups excluding carboxylic acids is 1. The minimum absolute atomic E-state index is 0.125. The summed E-state index contributed by atoms with van der Waals surface area (Å²) in [5, 5.41) is 3.78. The lowest BCUT2D eigenvalue weighted by atomic mass is 9.65. The molecule has 3 fully saturated rings. The van der Waals surface area contributed by atoms with Crippen LogP contribution in [0.2, 0.25) is 0 Å². The Morgan fingerprint density at radius 2 is 1.45 bits per heavy atom. The topological polar surface area (TPSA) is 35.6 Å². The first-order valence-electron chi connectivity index (χ1n) is 12.9. The van der Waals surface area contributed by atoms with Crippen LogP contribution in [0.1, 0.15) is 93.9 Å². The maximum absolute atomic E-state index is 12.4. The van der Waals surface area contributed by atoms with Crippen LogP contribution in [0.15, 0.2) is 0 Å². The molecule has 0 radical (unpaired) electrons. The summed E-state index contributed by atoms with van der Waals surface area (Å²) in [7, 11) is 2.35. The Morgan fingerprint density at radius 3 is 2.00 bits per heavy atom. The highest BCUT2D eigenvalue weighted by atomic mass is 16.2. The molecule has 0 bridgehead atoms. The van der Waals surface area contributed by atoms with Crippen LogP contribution in [-0.2, 0) is 4.79 Å². The number of nitrogens with one attached hydrogen (secondary N) is 1. The Bertz CT molecular complexity index is 629. The van der Waals surface area contributed by atoms with Gasteiger partial charge in [0.1, 0.15) is 0 Å². The van der Waals surface area contributed by atoms with E-state index in [1.807, 2.05) is 0 Å². The van der Waals surface area contributed by atoms with Gasteiger partial charge in [0.25, 0.3) is 0 Å². The average Bonchev–Trinajstić information content (AvgIpc) is 3.33. The van der Waals surface area contributed by atoms with E-state index in [2.05, 4.69) is 70.6 Å². The van der Waals surface area contributed by atoms with Gasteiger partial charge >= 0.3 is 0 Å². The second-order valence-corrected chi connectivity index (χ2v) is 13.6. The molecule has 3 aliphatic rings. The zero-order chi connectivity index (χ0) is 23.2. The second kappa shape index (κ2) is 8.97. The van der Waals surface area contributed by atoms with Gasteiger partial charge in [-0.25, -0.2) is 0 Å². The molecule has 4 nitrogen and oxygen atoms in total. The Balaban J connectivity index is 1.76.